The fraction of sp³-hybridized carbons (Fsp3) is 0.333. The van der Waals surface area contributed by atoms with Crippen LogP contribution < -0.4 is 5.32 Å². The second-order valence-electron chi connectivity index (χ2n) is 3.52. The van der Waals surface area contributed by atoms with Crippen molar-refractivity contribution in [2.75, 3.05) is 6.54 Å². The molecule has 1 nitrogen and oxygen atoms in total. The Kier molecular flexibility index (Phi) is 2.51. The summed E-state index contributed by atoms with van der Waals surface area (Å²) in [7, 11) is 0. The Bertz CT molecular complexity index is 378. The van der Waals surface area contributed by atoms with Crippen LogP contribution in [0.1, 0.15) is 23.6 Å². The van der Waals surface area contributed by atoms with Gasteiger partial charge in [-0.15, -0.1) is 6.42 Å². The Balaban J connectivity index is 2.19. The standard InChI is InChI=1S/C12H12FN/c1-2-7-14-12-6-3-9-8-10(13)4-5-11(9)12/h1,4-5,8,12,14H,3,6-7H2/t12-/m1/s1. The summed E-state index contributed by atoms with van der Waals surface area (Å²) in [4.78, 5) is 0. The molecule has 1 aromatic carbocycles. The molecule has 2 rings (SSSR count). The second-order valence-corrected chi connectivity index (χ2v) is 3.52. The highest BCUT2D eigenvalue weighted by Crippen LogP contribution is 2.31. The topological polar surface area (TPSA) is 12.0 Å². The van der Waals surface area contributed by atoms with Gasteiger partial charge in [-0.25, -0.2) is 4.39 Å². The van der Waals surface area contributed by atoms with Crippen LogP contribution in [-0.2, 0) is 6.42 Å². The third kappa shape index (κ3) is 1.64. The molecule has 72 valence electrons. The van der Waals surface area contributed by atoms with E-state index >= 15 is 0 Å². The summed E-state index contributed by atoms with van der Waals surface area (Å²) in [5, 5.41) is 3.25. The SMILES string of the molecule is C#CCN[C@@H]1CCc2cc(F)ccc21. The van der Waals surface area contributed by atoms with Crippen molar-refractivity contribution >= 4 is 0 Å². The summed E-state index contributed by atoms with van der Waals surface area (Å²) < 4.78 is 12.9. The molecule has 0 unspecified atom stereocenters. The van der Waals surface area contributed by atoms with Crippen LogP contribution in [-0.4, -0.2) is 6.54 Å². The van der Waals surface area contributed by atoms with Crippen LogP contribution in [0.3, 0.4) is 0 Å². The molecule has 0 fully saturated rings. The molecule has 1 aliphatic carbocycles. The highest BCUT2D eigenvalue weighted by Gasteiger charge is 2.21. The average Bonchev–Trinajstić information content (AvgIpc) is 2.57. The van der Waals surface area contributed by atoms with E-state index in [1.165, 1.54) is 11.6 Å². The molecule has 0 radical (unpaired) electrons. The number of hydrogen-bond acceptors (Lipinski definition) is 1. The van der Waals surface area contributed by atoms with Gasteiger partial charge in [-0.05, 0) is 36.1 Å². The Hall–Kier alpha value is -1.33. The van der Waals surface area contributed by atoms with Crippen molar-refractivity contribution in [2.24, 2.45) is 0 Å². The molecule has 0 aromatic heterocycles. The van der Waals surface area contributed by atoms with Crippen molar-refractivity contribution in [3.8, 4) is 12.3 Å². The lowest BCUT2D eigenvalue weighted by atomic mass is 10.1. The van der Waals surface area contributed by atoms with Gasteiger partial charge in [-0.1, -0.05) is 12.0 Å². The van der Waals surface area contributed by atoms with E-state index in [4.69, 9.17) is 6.42 Å². The molecule has 0 heterocycles. The fourth-order valence-electron chi connectivity index (χ4n) is 1.98. The van der Waals surface area contributed by atoms with Gasteiger partial charge in [0.2, 0.25) is 0 Å². The number of rotatable bonds is 2. The first-order valence-corrected chi connectivity index (χ1v) is 4.76. The number of aryl methyl sites for hydroxylation is 1. The Morgan fingerprint density at radius 2 is 2.43 bits per heavy atom. The zero-order valence-corrected chi connectivity index (χ0v) is 7.89. The van der Waals surface area contributed by atoms with Crippen LogP contribution in [0.15, 0.2) is 18.2 Å². The monoisotopic (exact) mass is 189 g/mol. The lowest BCUT2D eigenvalue weighted by Gasteiger charge is -2.11. The smallest absolute Gasteiger partial charge is 0.123 e. The quantitative estimate of drug-likeness (QED) is 0.702. The van der Waals surface area contributed by atoms with E-state index in [0.29, 0.717) is 12.6 Å². The van der Waals surface area contributed by atoms with Gasteiger partial charge >= 0.3 is 0 Å². The van der Waals surface area contributed by atoms with Gasteiger partial charge in [0.25, 0.3) is 0 Å². The summed E-state index contributed by atoms with van der Waals surface area (Å²) in [5.41, 5.74) is 2.31. The average molecular weight is 189 g/mol. The van der Waals surface area contributed by atoms with E-state index in [1.807, 2.05) is 6.07 Å². The van der Waals surface area contributed by atoms with Crippen molar-refractivity contribution in [2.45, 2.75) is 18.9 Å². The molecule has 0 saturated carbocycles. The maximum atomic E-state index is 12.9. The molecular formula is C12H12FN. The minimum absolute atomic E-state index is 0.152. The largest absolute Gasteiger partial charge is 0.299 e. The molecule has 1 atom stereocenters. The molecular weight excluding hydrogens is 177 g/mol. The van der Waals surface area contributed by atoms with Crippen LogP contribution in [0.4, 0.5) is 4.39 Å². The molecule has 1 aliphatic rings. The summed E-state index contributed by atoms with van der Waals surface area (Å²) in [6.07, 6.45) is 7.13. The number of benzene rings is 1. The van der Waals surface area contributed by atoms with E-state index in [-0.39, 0.29) is 5.82 Å². The molecule has 0 amide bonds. The number of fused-ring (bicyclic) bond motifs is 1. The van der Waals surface area contributed by atoms with E-state index in [1.54, 1.807) is 6.07 Å². The van der Waals surface area contributed by atoms with Crippen molar-refractivity contribution < 1.29 is 4.39 Å². The van der Waals surface area contributed by atoms with Gasteiger partial charge in [0, 0.05) is 6.04 Å². The summed E-state index contributed by atoms with van der Waals surface area (Å²) >= 11 is 0. The Morgan fingerprint density at radius 3 is 3.21 bits per heavy atom. The lowest BCUT2D eigenvalue weighted by molar-refractivity contribution is 0.568. The van der Waals surface area contributed by atoms with Gasteiger partial charge in [-0.3, -0.25) is 5.32 Å². The normalized spacial score (nSPS) is 19.0. The van der Waals surface area contributed by atoms with Crippen LogP contribution in [0, 0.1) is 18.2 Å². The van der Waals surface area contributed by atoms with Crippen molar-refractivity contribution in [1.82, 2.24) is 5.32 Å². The Morgan fingerprint density at radius 1 is 1.57 bits per heavy atom. The van der Waals surface area contributed by atoms with Gasteiger partial charge in [0.05, 0.1) is 6.54 Å². The summed E-state index contributed by atoms with van der Waals surface area (Å²) in [6, 6.07) is 5.29. The van der Waals surface area contributed by atoms with Gasteiger partial charge in [-0.2, -0.15) is 0 Å². The number of halogens is 1. The first-order chi connectivity index (χ1) is 6.81. The maximum Gasteiger partial charge on any atom is 0.123 e. The molecule has 1 aromatic rings. The third-order valence-corrected chi connectivity index (χ3v) is 2.63. The molecule has 0 saturated heterocycles. The van der Waals surface area contributed by atoms with Crippen LogP contribution in [0.5, 0.6) is 0 Å². The summed E-state index contributed by atoms with van der Waals surface area (Å²) in [5.74, 6) is 2.40. The maximum absolute atomic E-state index is 12.9. The fourth-order valence-corrected chi connectivity index (χ4v) is 1.98. The minimum atomic E-state index is -0.152. The van der Waals surface area contributed by atoms with Gasteiger partial charge in [0.15, 0.2) is 0 Å². The van der Waals surface area contributed by atoms with E-state index in [0.717, 1.165) is 18.4 Å². The van der Waals surface area contributed by atoms with Crippen molar-refractivity contribution in [3.05, 3.63) is 35.1 Å². The number of hydrogen-bond donors (Lipinski definition) is 1. The number of nitrogens with one attached hydrogen (secondary N) is 1. The molecule has 0 spiro atoms. The van der Waals surface area contributed by atoms with Crippen molar-refractivity contribution in [1.29, 1.82) is 0 Å². The molecule has 0 bridgehead atoms. The van der Waals surface area contributed by atoms with Gasteiger partial charge < -0.3 is 0 Å². The second kappa shape index (κ2) is 3.81. The van der Waals surface area contributed by atoms with E-state index in [2.05, 4.69) is 11.2 Å². The van der Waals surface area contributed by atoms with Crippen LogP contribution in [0.2, 0.25) is 0 Å². The van der Waals surface area contributed by atoms with E-state index < -0.39 is 0 Å². The zero-order chi connectivity index (χ0) is 9.97. The third-order valence-electron chi connectivity index (χ3n) is 2.63. The molecule has 0 aliphatic heterocycles. The minimum Gasteiger partial charge on any atom is -0.299 e. The highest BCUT2D eigenvalue weighted by atomic mass is 19.1. The van der Waals surface area contributed by atoms with E-state index in [9.17, 15) is 4.39 Å². The summed E-state index contributed by atoms with van der Waals surface area (Å²) in [6.45, 7) is 0.571. The van der Waals surface area contributed by atoms with Gasteiger partial charge in [0.1, 0.15) is 5.82 Å². The zero-order valence-electron chi connectivity index (χ0n) is 7.89. The van der Waals surface area contributed by atoms with Crippen LogP contribution in [0.25, 0.3) is 0 Å². The molecule has 1 N–H and O–H groups in total. The Labute approximate surface area is 83.3 Å². The predicted molar refractivity (Wildman–Crippen MR) is 54.3 cm³/mol. The molecule has 14 heavy (non-hydrogen) atoms. The predicted octanol–water partition coefficient (Wildman–Crippen LogP) is 2.04. The first kappa shape index (κ1) is 9.23. The van der Waals surface area contributed by atoms with Crippen molar-refractivity contribution in [3.63, 3.8) is 0 Å². The van der Waals surface area contributed by atoms with Crippen LogP contribution >= 0.6 is 0 Å². The lowest BCUT2D eigenvalue weighted by Crippen LogP contribution is -2.19. The first-order valence-electron chi connectivity index (χ1n) is 4.76. The highest BCUT2D eigenvalue weighted by molar-refractivity contribution is 5.35. The number of terminal acetylenes is 1. The molecule has 2 heteroatoms.